The number of aromatic amines is 1. The van der Waals surface area contributed by atoms with E-state index in [1.807, 2.05) is 12.3 Å². The van der Waals surface area contributed by atoms with Gasteiger partial charge in [0.1, 0.15) is 11.6 Å². The minimum absolute atomic E-state index is 0.234. The van der Waals surface area contributed by atoms with E-state index in [1.165, 1.54) is 12.1 Å². The SMILES string of the molecule is Nc1ncc(-c2ccc(C3(c4nc(-c5cccc(F)c5)n[nH]4)CCC3)cn2)cn1. The van der Waals surface area contributed by atoms with E-state index in [4.69, 9.17) is 5.73 Å². The van der Waals surface area contributed by atoms with Gasteiger partial charge in [-0.05, 0) is 36.6 Å². The second-order valence-corrected chi connectivity index (χ2v) is 7.22. The quantitative estimate of drug-likeness (QED) is 0.555. The number of halogens is 1. The normalized spacial score (nSPS) is 15.1. The fraction of sp³-hybridized carbons (Fsp3) is 0.190. The number of hydrogen-bond acceptors (Lipinski definition) is 6. The maximum absolute atomic E-state index is 13.5. The molecular formula is C21H18FN7. The van der Waals surface area contributed by atoms with Crippen molar-refractivity contribution in [2.45, 2.75) is 24.7 Å². The van der Waals surface area contributed by atoms with E-state index in [0.29, 0.717) is 11.4 Å². The molecule has 1 saturated carbocycles. The number of hydrogen-bond donors (Lipinski definition) is 2. The largest absolute Gasteiger partial charge is 0.368 e. The van der Waals surface area contributed by atoms with Crippen LogP contribution in [-0.4, -0.2) is 30.1 Å². The number of benzene rings is 1. The minimum Gasteiger partial charge on any atom is -0.368 e. The van der Waals surface area contributed by atoms with Crippen LogP contribution in [0.1, 0.15) is 30.7 Å². The van der Waals surface area contributed by atoms with Crippen LogP contribution in [0.5, 0.6) is 0 Å². The third-order valence-corrected chi connectivity index (χ3v) is 5.51. The van der Waals surface area contributed by atoms with Gasteiger partial charge < -0.3 is 5.73 Å². The summed E-state index contributed by atoms with van der Waals surface area (Å²) < 4.78 is 13.5. The molecule has 5 rings (SSSR count). The van der Waals surface area contributed by atoms with Gasteiger partial charge in [0.25, 0.3) is 0 Å². The average molecular weight is 387 g/mol. The Bertz CT molecular complexity index is 1150. The first kappa shape index (κ1) is 17.4. The Labute approximate surface area is 166 Å². The molecule has 8 heteroatoms. The zero-order valence-corrected chi connectivity index (χ0v) is 15.5. The Morgan fingerprint density at radius 3 is 2.45 bits per heavy atom. The molecule has 3 N–H and O–H groups in total. The maximum atomic E-state index is 13.5. The summed E-state index contributed by atoms with van der Waals surface area (Å²) in [4.78, 5) is 17.3. The van der Waals surface area contributed by atoms with Crippen molar-refractivity contribution in [3.05, 3.63) is 72.2 Å². The van der Waals surface area contributed by atoms with Gasteiger partial charge in [0.15, 0.2) is 5.82 Å². The van der Waals surface area contributed by atoms with Crippen molar-refractivity contribution >= 4 is 5.95 Å². The number of pyridine rings is 1. The van der Waals surface area contributed by atoms with E-state index in [0.717, 1.165) is 41.9 Å². The van der Waals surface area contributed by atoms with Gasteiger partial charge in [-0.3, -0.25) is 10.1 Å². The summed E-state index contributed by atoms with van der Waals surface area (Å²) in [6, 6.07) is 10.3. The number of nitrogens with two attached hydrogens (primary N) is 1. The molecule has 7 nitrogen and oxygen atoms in total. The highest BCUT2D eigenvalue weighted by Gasteiger charge is 2.43. The van der Waals surface area contributed by atoms with Crippen LogP contribution in [0, 0.1) is 5.82 Å². The van der Waals surface area contributed by atoms with Crippen molar-refractivity contribution in [3.8, 4) is 22.6 Å². The third-order valence-electron chi connectivity index (χ3n) is 5.51. The van der Waals surface area contributed by atoms with Gasteiger partial charge in [0, 0.05) is 29.7 Å². The van der Waals surface area contributed by atoms with Crippen LogP contribution in [0.2, 0.25) is 0 Å². The molecule has 0 radical (unpaired) electrons. The lowest BCUT2D eigenvalue weighted by molar-refractivity contribution is 0.285. The van der Waals surface area contributed by atoms with Crippen LogP contribution < -0.4 is 5.73 Å². The summed E-state index contributed by atoms with van der Waals surface area (Å²) in [6.45, 7) is 0. The zero-order valence-electron chi connectivity index (χ0n) is 15.5. The lowest BCUT2D eigenvalue weighted by Crippen LogP contribution is -2.36. The van der Waals surface area contributed by atoms with E-state index >= 15 is 0 Å². The summed E-state index contributed by atoms with van der Waals surface area (Å²) in [5.74, 6) is 1.21. The molecule has 0 bridgehead atoms. The highest BCUT2D eigenvalue weighted by atomic mass is 19.1. The van der Waals surface area contributed by atoms with Crippen molar-refractivity contribution in [2.24, 2.45) is 0 Å². The number of anilines is 1. The van der Waals surface area contributed by atoms with Gasteiger partial charge in [-0.25, -0.2) is 19.3 Å². The molecule has 0 aliphatic heterocycles. The van der Waals surface area contributed by atoms with Gasteiger partial charge in [0.05, 0.1) is 11.1 Å². The molecule has 29 heavy (non-hydrogen) atoms. The fourth-order valence-electron chi connectivity index (χ4n) is 3.74. The number of nitrogens with one attached hydrogen (secondary N) is 1. The van der Waals surface area contributed by atoms with Crippen molar-refractivity contribution in [3.63, 3.8) is 0 Å². The fourth-order valence-corrected chi connectivity index (χ4v) is 3.74. The van der Waals surface area contributed by atoms with E-state index in [2.05, 4.69) is 36.2 Å². The van der Waals surface area contributed by atoms with Crippen molar-refractivity contribution in [1.82, 2.24) is 30.1 Å². The number of aromatic nitrogens is 6. The molecule has 0 atom stereocenters. The lowest BCUT2D eigenvalue weighted by Gasteiger charge is -2.40. The molecule has 1 fully saturated rings. The number of rotatable bonds is 4. The standard InChI is InChI=1S/C21H18FN7/c22-16-4-1-3-13(9-16)18-27-19(29-28-18)21(7-2-8-21)15-5-6-17(24-12-15)14-10-25-20(23)26-11-14/h1,3-6,9-12H,2,7-8H2,(H2,23,25,26)(H,27,28,29). The predicted molar refractivity (Wildman–Crippen MR) is 106 cm³/mol. The molecule has 0 spiro atoms. The van der Waals surface area contributed by atoms with Crippen molar-refractivity contribution < 1.29 is 4.39 Å². The molecular weight excluding hydrogens is 369 g/mol. The number of nitrogen functional groups attached to an aromatic ring is 1. The van der Waals surface area contributed by atoms with Gasteiger partial charge in [-0.15, -0.1) is 0 Å². The first-order valence-corrected chi connectivity index (χ1v) is 9.37. The van der Waals surface area contributed by atoms with E-state index in [1.54, 1.807) is 24.5 Å². The van der Waals surface area contributed by atoms with E-state index < -0.39 is 0 Å². The van der Waals surface area contributed by atoms with Crippen molar-refractivity contribution in [1.29, 1.82) is 0 Å². The van der Waals surface area contributed by atoms with Crippen LogP contribution >= 0.6 is 0 Å². The molecule has 0 amide bonds. The molecule has 1 aliphatic rings. The molecule has 1 aliphatic carbocycles. The minimum atomic E-state index is -0.307. The van der Waals surface area contributed by atoms with E-state index in [-0.39, 0.29) is 17.2 Å². The Morgan fingerprint density at radius 1 is 0.966 bits per heavy atom. The molecule has 0 unspecified atom stereocenters. The van der Waals surface area contributed by atoms with Gasteiger partial charge in [0.2, 0.25) is 5.95 Å². The summed E-state index contributed by atoms with van der Waals surface area (Å²) in [5, 5.41) is 7.40. The molecule has 4 aromatic rings. The van der Waals surface area contributed by atoms with Crippen LogP contribution in [-0.2, 0) is 5.41 Å². The molecule has 0 saturated heterocycles. The van der Waals surface area contributed by atoms with Crippen LogP contribution in [0.15, 0.2) is 55.0 Å². The molecule has 3 heterocycles. The Kier molecular flexibility index (Phi) is 4.04. The van der Waals surface area contributed by atoms with Gasteiger partial charge in [-0.2, -0.15) is 5.10 Å². The van der Waals surface area contributed by atoms with E-state index in [9.17, 15) is 4.39 Å². The Hall–Kier alpha value is -3.68. The zero-order chi connectivity index (χ0) is 19.8. The second-order valence-electron chi connectivity index (χ2n) is 7.22. The first-order valence-electron chi connectivity index (χ1n) is 9.37. The van der Waals surface area contributed by atoms with Crippen LogP contribution in [0.4, 0.5) is 10.3 Å². The van der Waals surface area contributed by atoms with Gasteiger partial charge in [-0.1, -0.05) is 24.6 Å². The Balaban J connectivity index is 1.47. The average Bonchev–Trinajstić information content (AvgIpc) is 3.19. The maximum Gasteiger partial charge on any atom is 0.219 e. The highest BCUT2D eigenvalue weighted by Crippen LogP contribution is 2.47. The van der Waals surface area contributed by atoms with Crippen LogP contribution in [0.3, 0.4) is 0 Å². The number of H-pyrrole nitrogens is 1. The summed E-state index contributed by atoms with van der Waals surface area (Å²) in [6.07, 6.45) is 8.20. The molecule has 1 aromatic carbocycles. The van der Waals surface area contributed by atoms with Crippen molar-refractivity contribution in [2.75, 3.05) is 5.73 Å². The monoisotopic (exact) mass is 387 g/mol. The summed E-state index contributed by atoms with van der Waals surface area (Å²) >= 11 is 0. The number of nitrogens with zero attached hydrogens (tertiary/aromatic N) is 5. The summed E-state index contributed by atoms with van der Waals surface area (Å²) in [5.41, 5.74) is 8.61. The van der Waals surface area contributed by atoms with Crippen LogP contribution in [0.25, 0.3) is 22.6 Å². The summed E-state index contributed by atoms with van der Waals surface area (Å²) in [7, 11) is 0. The first-order chi connectivity index (χ1) is 14.1. The highest BCUT2D eigenvalue weighted by molar-refractivity contribution is 5.58. The molecule has 144 valence electrons. The lowest BCUT2D eigenvalue weighted by atomic mass is 9.64. The smallest absolute Gasteiger partial charge is 0.219 e. The topological polar surface area (TPSA) is 106 Å². The third kappa shape index (κ3) is 3.02. The van der Waals surface area contributed by atoms with Gasteiger partial charge >= 0.3 is 0 Å². The Morgan fingerprint density at radius 2 is 1.79 bits per heavy atom. The molecule has 3 aromatic heterocycles. The second kappa shape index (κ2) is 6.73. The predicted octanol–water partition coefficient (Wildman–Crippen LogP) is 3.52.